The Kier molecular flexibility index (Phi) is 12.0. The molecule has 0 saturated heterocycles. The van der Waals surface area contributed by atoms with Crippen LogP contribution in [0, 0.1) is 5.92 Å². The van der Waals surface area contributed by atoms with Crippen molar-refractivity contribution in [1.82, 2.24) is 4.90 Å². The predicted molar refractivity (Wildman–Crippen MR) is 163 cm³/mol. The van der Waals surface area contributed by atoms with Crippen LogP contribution in [0.2, 0.25) is 0 Å². The molecular weight excluding hydrogens is 500 g/mol. The molecule has 0 aliphatic heterocycles. The smallest absolute Gasteiger partial charge is 0.338 e. The zero-order valence-corrected chi connectivity index (χ0v) is 25.1. The highest BCUT2D eigenvalue weighted by molar-refractivity contribution is 5.89. The van der Waals surface area contributed by atoms with Crippen LogP contribution < -0.4 is 4.90 Å². The lowest BCUT2D eigenvalue weighted by molar-refractivity contribution is -0.148. The van der Waals surface area contributed by atoms with E-state index >= 15 is 0 Å². The number of hydrogen-bond acceptors (Lipinski definition) is 6. The molecule has 0 spiro atoms. The third-order valence-corrected chi connectivity index (χ3v) is 7.59. The number of benzene rings is 2. The molecular formula is C34H46N2O4. The third kappa shape index (κ3) is 8.07. The maximum atomic E-state index is 12.6. The maximum Gasteiger partial charge on any atom is 0.338 e. The minimum absolute atomic E-state index is 0.0337. The Morgan fingerprint density at radius 2 is 1.40 bits per heavy atom. The van der Waals surface area contributed by atoms with Crippen molar-refractivity contribution in [3.63, 3.8) is 0 Å². The summed E-state index contributed by atoms with van der Waals surface area (Å²) in [4.78, 5) is 29.0. The van der Waals surface area contributed by atoms with Gasteiger partial charge in [-0.3, -0.25) is 9.69 Å². The summed E-state index contributed by atoms with van der Waals surface area (Å²) in [5, 5.41) is 0. The van der Waals surface area contributed by atoms with Crippen molar-refractivity contribution >= 4 is 17.6 Å². The van der Waals surface area contributed by atoms with Crippen molar-refractivity contribution in [3.05, 3.63) is 89.0 Å². The van der Waals surface area contributed by atoms with Crippen LogP contribution in [0.15, 0.2) is 72.3 Å². The van der Waals surface area contributed by atoms with Gasteiger partial charge in [0.2, 0.25) is 0 Å². The van der Waals surface area contributed by atoms with E-state index in [1.54, 1.807) is 13.8 Å². The van der Waals surface area contributed by atoms with Crippen LogP contribution >= 0.6 is 0 Å². The lowest BCUT2D eigenvalue weighted by Crippen LogP contribution is -2.34. The van der Waals surface area contributed by atoms with Gasteiger partial charge in [0.1, 0.15) is 13.2 Å². The third-order valence-electron chi connectivity index (χ3n) is 7.59. The number of carbonyl (C=O) groups is 2. The van der Waals surface area contributed by atoms with Gasteiger partial charge in [-0.05, 0) is 74.3 Å². The van der Waals surface area contributed by atoms with Crippen molar-refractivity contribution in [2.45, 2.75) is 59.9 Å². The van der Waals surface area contributed by atoms with Crippen LogP contribution in [-0.4, -0.2) is 62.3 Å². The average molecular weight is 547 g/mol. The average Bonchev–Trinajstić information content (AvgIpc) is 2.98. The second-order valence-electron chi connectivity index (χ2n) is 10.4. The number of anilines is 1. The number of carbonyl (C=O) groups excluding carboxylic acids is 2. The highest BCUT2D eigenvalue weighted by atomic mass is 16.6. The zero-order chi connectivity index (χ0) is 29.1. The van der Waals surface area contributed by atoms with Crippen molar-refractivity contribution in [2.75, 3.05) is 44.3 Å². The van der Waals surface area contributed by atoms with Gasteiger partial charge in [-0.1, -0.05) is 70.2 Å². The maximum absolute atomic E-state index is 12.6. The molecule has 6 nitrogen and oxygen atoms in total. The SMILES string of the molecule is CCN(CC)c1ccc(C(C2=CC[C@@H](N(CC)CC)C=C2)c2ccc(C(=O)OCCOC(=O)C(C)C)cc2)cc1. The first-order chi connectivity index (χ1) is 19.3. The van der Waals surface area contributed by atoms with Crippen LogP contribution in [0.25, 0.3) is 0 Å². The number of nitrogens with zero attached hydrogens (tertiary/aromatic N) is 2. The molecule has 1 aliphatic rings. The summed E-state index contributed by atoms with van der Waals surface area (Å²) in [7, 11) is 0. The van der Waals surface area contributed by atoms with Gasteiger partial charge in [0.05, 0.1) is 11.5 Å². The summed E-state index contributed by atoms with van der Waals surface area (Å²) < 4.78 is 10.4. The van der Waals surface area contributed by atoms with Gasteiger partial charge in [0, 0.05) is 30.7 Å². The molecule has 216 valence electrons. The predicted octanol–water partition coefficient (Wildman–Crippen LogP) is 6.62. The molecule has 0 radical (unpaired) electrons. The molecule has 2 aromatic rings. The minimum Gasteiger partial charge on any atom is -0.462 e. The molecule has 1 aliphatic carbocycles. The largest absolute Gasteiger partial charge is 0.462 e. The molecule has 0 heterocycles. The molecule has 0 N–H and O–H groups in total. The molecule has 40 heavy (non-hydrogen) atoms. The lowest BCUT2D eigenvalue weighted by atomic mass is 9.81. The molecule has 2 aromatic carbocycles. The summed E-state index contributed by atoms with van der Waals surface area (Å²) in [6, 6.07) is 17.0. The Morgan fingerprint density at radius 3 is 1.90 bits per heavy atom. The van der Waals surface area contributed by atoms with E-state index in [4.69, 9.17) is 9.47 Å². The van der Waals surface area contributed by atoms with Gasteiger partial charge in [-0.15, -0.1) is 0 Å². The summed E-state index contributed by atoms with van der Waals surface area (Å²) in [6.45, 7) is 16.4. The van der Waals surface area contributed by atoms with E-state index in [9.17, 15) is 9.59 Å². The summed E-state index contributed by atoms with van der Waals surface area (Å²) in [5.41, 5.74) is 5.30. The second kappa shape index (κ2) is 15.4. The number of hydrogen-bond donors (Lipinski definition) is 0. The summed E-state index contributed by atoms with van der Waals surface area (Å²) in [6.07, 6.45) is 7.95. The van der Waals surface area contributed by atoms with Crippen molar-refractivity contribution in [1.29, 1.82) is 0 Å². The lowest BCUT2D eigenvalue weighted by Gasteiger charge is -2.30. The van der Waals surface area contributed by atoms with Crippen LogP contribution in [0.4, 0.5) is 5.69 Å². The Hall–Kier alpha value is -3.38. The van der Waals surface area contributed by atoms with Crippen LogP contribution in [-0.2, 0) is 14.3 Å². The summed E-state index contributed by atoms with van der Waals surface area (Å²) in [5.74, 6) is -0.876. The molecule has 0 amide bonds. The van der Waals surface area contributed by atoms with Crippen LogP contribution in [0.5, 0.6) is 0 Å². The summed E-state index contributed by atoms with van der Waals surface area (Å²) >= 11 is 0. The highest BCUT2D eigenvalue weighted by Gasteiger charge is 2.23. The van der Waals surface area contributed by atoms with E-state index in [2.05, 4.69) is 80.0 Å². The molecule has 3 rings (SSSR count). The van der Waals surface area contributed by atoms with Gasteiger partial charge in [-0.25, -0.2) is 4.79 Å². The first-order valence-corrected chi connectivity index (χ1v) is 14.7. The van der Waals surface area contributed by atoms with Crippen molar-refractivity contribution in [3.8, 4) is 0 Å². The van der Waals surface area contributed by atoms with Crippen molar-refractivity contribution < 1.29 is 19.1 Å². The van der Waals surface area contributed by atoms with E-state index in [0.717, 1.165) is 38.2 Å². The van der Waals surface area contributed by atoms with E-state index in [1.165, 1.54) is 16.8 Å². The molecule has 0 saturated carbocycles. The second-order valence-corrected chi connectivity index (χ2v) is 10.4. The normalized spacial score (nSPS) is 15.6. The number of likely N-dealkylation sites (N-methyl/N-ethyl adjacent to an activating group) is 1. The van der Waals surface area contributed by atoms with E-state index < -0.39 is 5.97 Å². The number of esters is 2. The van der Waals surface area contributed by atoms with Crippen molar-refractivity contribution in [2.24, 2.45) is 5.92 Å². The van der Waals surface area contributed by atoms with Gasteiger partial charge in [0.25, 0.3) is 0 Å². The van der Waals surface area contributed by atoms with Gasteiger partial charge >= 0.3 is 11.9 Å². The fourth-order valence-electron chi connectivity index (χ4n) is 5.19. The highest BCUT2D eigenvalue weighted by Crippen LogP contribution is 2.36. The molecule has 0 aromatic heterocycles. The Balaban J connectivity index is 1.81. The quantitative estimate of drug-likeness (QED) is 0.196. The Bertz CT molecular complexity index is 1140. The molecule has 0 fully saturated rings. The monoisotopic (exact) mass is 546 g/mol. The van der Waals surface area contributed by atoms with E-state index in [0.29, 0.717) is 11.6 Å². The first-order valence-electron chi connectivity index (χ1n) is 14.7. The van der Waals surface area contributed by atoms with E-state index in [1.807, 2.05) is 24.3 Å². The van der Waals surface area contributed by atoms with Crippen LogP contribution in [0.3, 0.4) is 0 Å². The van der Waals surface area contributed by atoms with Gasteiger partial charge < -0.3 is 14.4 Å². The number of rotatable bonds is 14. The van der Waals surface area contributed by atoms with E-state index in [-0.39, 0.29) is 31.0 Å². The fraction of sp³-hybridized carbons (Fsp3) is 0.471. The molecule has 1 unspecified atom stereocenters. The standard InChI is InChI=1S/C34H46N2O4/c1-7-35(8-2)30-19-15-27(16-20-30)32(28-17-21-31(22-18-28)36(9-3)10-4)26-11-13-29(14-12-26)34(38)40-24-23-39-33(37)25(5)6/h11-21,25,31-32H,7-10,22-24H2,1-6H3/t31-,32?/m0/s1. The van der Waals surface area contributed by atoms with Gasteiger partial charge in [-0.2, -0.15) is 0 Å². The van der Waals surface area contributed by atoms with Gasteiger partial charge in [0.15, 0.2) is 0 Å². The van der Waals surface area contributed by atoms with Crippen LogP contribution in [0.1, 0.15) is 75.4 Å². The molecule has 6 heteroatoms. The number of allylic oxidation sites excluding steroid dienone is 2. The fourth-order valence-corrected chi connectivity index (χ4v) is 5.19. The number of ether oxygens (including phenoxy) is 2. The Morgan fingerprint density at radius 1 is 0.825 bits per heavy atom. The molecule has 2 atom stereocenters. The topological polar surface area (TPSA) is 59.1 Å². The first kappa shape index (κ1) is 31.2. The molecule has 0 bridgehead atoms. The minimum atomic E-state index is -0.425. The zero-order valence-electron chi connectivity index (χ0n) is 25.1. The Labute approximate surface area is 240 Å².